The summed E-state index contributed by atoms with van der Waals surface area (Å²) >= 11 is 5.91. The van der Waals surface area contributed by atoms with E-state index in [0.29, 0.717) is 23.8 Å². The number of carboxylic acid groups (broad SMARTS) is 1. The molecular formula is C13H19ClN2O3. The lowest BCUT2D eigenvalue weighted by atomic mass is 10.1. The minimum absolute atomic E-state index is 0.190. The molecule has 1 N–H and O–H groups in total. The molecule has 0 aliphatic heterocycles. The Bertz CT molecular complexity index is 470. The third kappa shape index (κ3) is 3.73. The van der Waals surface area contributed by atoms with Gasteiger partial charge in [-0.25, -0.2) is 0 Å². The highest BCUT2D eigenvalue weighted by atomic mass is 35.5. The number of rotatable bonds is 6. The van der Waals surface area contributed by atoms with Gasteiger partial charge in [0.05, 0.1) is 10.9 Å². The fraction of sp³-hybridized carbons (Fsp3) is 0.538. The Morgan fingerprint density at radius 3 is 2.58 bits per heavy atom. The summed E-state index contributed by atoms with van der Waals surface area (Å²) in [6.07, 6.45) is 1.70. The van der Waals surface area contributed by atoms with Gasteiger partial charge in [-0.2, -0.15) is 0 Å². The second kappa shape index (κ2) is 6.61. The van der Waals surface area contributed by atoms with Crippen molar-refractivity contribution < 1.29 is 14.7 Å². The third-order valence-electron chi connectivity index (χ3n) is 3.01. The number of carbonyl (C=O) groups is 2. The molecule has 1 heterocycles. The lowest BCUT2D eigenvalue weighted by Gasteiger charge is -2.23. The van der Waals surface area contributed by atoms with E-state index in [0.717, 1.165) is 0 Å². The molecule has 0 spiro atoms. The maximum absolute atomic E-state index is 12.4. The zero-order valence-corrected chi connectivity index (χ0v) is 12.1. The van der Waals surface area contributed by atoms with E-state index >= 15 is 0 Å². The number of carboxylic acids is 1. The summed E-state index contributed by atoms with van der Waals surface area (Å²) in [5.74, 6) is -1.69. The first kappa shape index (κ1) is 15.6. The molecule has 1 amide bonds. The van der Waals surface area contributed by atoms with E-state index in [4.69, 9.17) is 16.7 Å². The van der Waals surface area contributed by atoms with E-state index in [9.17, 15) is 9.59 Å². The molecule has 0 aliphatic rings. The van der Waals surface area contributed by atoms with Gasteiger partial charge in [0, 0.05) is 25.8 Å². The molecule has 0 radical (unpaired) electrons. The second-order valence-electron chi connectivity index (χ2n) is 4.41. The lowest BCUT2D eigenvalue weighted by Crippen LogP contribution is -2.37. The number of amides is 1. The zero-order valence-electron chi connectivity index (χ0n) is 11.4. The topological polar surface area (TPSA) is 62.5 Å². The van der Waals surface area contributed by atoms with E-state index in [-0.39, 0.29) is 12.5 Å². The van der Waals surface area contributed by atoms with Crippen molar-refractivity contribution in [3.05, 3.63) is 23.0 Å². The van der Waals surface area contributed by atoms with Gasteiger partial charge in [0.25, 0.3) is 5.91 Å². The van der Waals surface area contributed by atoms with E-state index in [1.165, 1.54) is 4.90 Å². The number of nitrogens with zero attached hydrogens (tertiary/aromatic N) is 2. The molecule has 0 bridgehead atoms. The van der Waals surface area contributed by atoms with Gasteiger partial charge in [-0.1, -0.05) is 18.5 Å². The van der Waals surface area contributed by atoms with Crippen molar-refractivity contribution in [2.45, 2.75) is 27.3 Å². The largest absolute Gasteiger partial charge is 0.481 e. The number of hydrogen-bond acceptors (Lipinski definition) is 2. The fourth-order valence-corrected chi connectivity index (χ4v) is 2.06. The summed E-state index contributed by atoms with van der Waals surface area (Å²) < 4.78 is 1.76. The highest BCUT2D eigenvalue weighted by Gasteiger charge is 2.22. The van der Waals surface area contributed by atoms with Crippen LogP contribution < -0.4 is 0 Å². The average Bonchev–Trinajstić information content (AvgIpc) is 2.75. The van der Waals surface area contributed by atoms with Crippen LogP contribution in [0.15, 0.2) is 12.3 Å². The molecule has 1 aromatic rings. The fourth-order valence-electron chi connectivity index (χ4n) is 1.84. The Labute approximate surface area is 117 Å². The van der Waals surface area contributed by atoms with Crippen molar-refractivity contribution in [3.8, 4) is 0 Å². The maximum Gasteiger partial charge on any atom is 0.308 e. The molecule has 0 aromatic carbocycles. The molecule has 19 heavy (non-hydrogen) atoms. The van der Waals surface area contributed by atoms with Crippen molar-refractivity contribution in [2.75, 3.05) is 13.1 Å². The average molecular weight is 287 g/mol. The molecule has 0 fully saturated rings. The summed E-state index contributed by atoms with van der Waals surface area (Å²) in [6, 6.07) is 1.61. The van der Waals surface area contributed by atoms with Gasteiger partial charge >= 0.3 is 5.97 Å². The molecular weight excluding hydrogens is 268 g/mol. The van der Waals surface area contributed by atoms with Gasteiger partial charge in [0.2, 0.25) is 0 Å². The van der Waals surface area contributed by atoms with Crippen LogP contribution in [0.3, 0.4) is 0 Å². The highest BCUT2D eigenvalue weighted by molar-refractivity contribution is 6.31. The van der Waals surface area contributed by atoms with Crippen LogP contribution >= 0.6 is 11.6 Å². The van der Waals surface area contributed by atoms with Crippen molar-refractivity contribution in [3.63, 3.8) is 0 Å². The smallest absolute Gasteiger partial charge is 0.308 e. The van der Waals surface area contributed by atoms with Crippen molar-refractivity contribution in [1.82, 2.24) is 9.47 Å². The summed E-state index contributed by atoms with van der Waals surface area (Å²) in [5.41, 5.74) is 0.493. The van der Waals surface area contributed by atoms with Gasteiger partial charge in [-0.05, 0) is 19.9 Å². The molecule has 6 heteroatoms. The van der Waals surface area contributed by atoms with Gasteiger partial charge < -0.3 is 14.6 Å². The molecule has 106 valence electrons. The number of aliphatic carboxylic acids is 1. The maximum atomic E-state index is 12.4. The van der Waals surface area contributed by atoms with Crippen LogP contribution in [0.5, 0.6) is 0 Å². The molecule has 1 rings (SSSR count). The third-order valence-corrected chi connectivity index (χ3v) is 3.21. The molecule has 0 saturated carbocycles. The lowest BCUT2D eigenvalue weighted by molar-refractivity contribution is -0.141. The van der Waals surface area contributed by atoms with E-state index < -0.39 is 11.9 Å². The standard InChI is InChI=1S/C13H19ClN2O3/c1-4-15-8-10(14)6-11(15)12(17)16(5-2)7-9(3)13(18)19/h6,8-9H,4-5,7H2,1-3H3,(H,18,19). The SMILES string of the molecule is CCN(CC(C)C(=O)O)C(=O)c1cc(Cl)cn1CC. The summed E-state index contributed by atoms with van der Waals surface area (Å²) in [7, 11) is 0. The Hall–Kier alpha value is -1.49. The van der Waals surface area contributed by atoms with Crippen LogP contribution in [-0.2, 0) is 11.3 Å². The number of halogens is 1. The number of hydrogen-bond donors (Lipinski definition) is 1. The second-order valence-corrected chi connectivity index (χ2v) is 4.85. The Morgan fingerprint density at radius 1 is 1.47 bits per heavy atom. The Morgan fingerprint density at radius 2 is 2.11 bits per heavy atom. The first-order chi connectivity index (χ1) is 8.90. The van der Waals surface area contributed by atoms with Crippen LogP contribution in [0, 0.1) is 5.92 Å². The van der Waals surface area contributed by atoms with Crippen molar-refractivity contribution in [2.24, 2.45) is 5.92 Å². The van der Waals surface area contributed by atoms with Crippen LogP contribution in [0.25, 0.3) is 0 Å². The van der Waals surface area contributed by atoms with Gasteiger partial charge in [-0.15, -0.1) is 0 Å². The first-order valence-electron chi connectivity index (χ1n) is 6.28. The molecule has 0 aliphatic carbocycles. The quantitative estimate of drug-likeness (QED) is 0.873. The minimum atomic E-state index is -0.907. The summed E-state index contributed by atoms with van der Waals surface area (Å²) in [4.78, 5) is 24.8. The molecule has 0 saturated heterocycles. The monoisotopic (exact) mass is 286 g/mol. The summed E-state index contributed by atoms with van der Waals surface area (Å²) in [6.45, 7) is 6.63. The normalized spacial score (nSPS) is 12.2. The van der Waals surface area contributed by atoms with Crippen LogP contribution in [0.2, 0.25) is 5.02 Å². The van der Waals surface area contributed by atoms with Crippen molar-refractivity contribution in [1.29, 1.82) is 0 Å². The molecule has 5 nitrogen and oxygen atoms in total. The molecule has 1 aromatic heterocycles. The van der Waals surface area contributed by atoms with Gasteiger partial charge in [0.15, 0.2) is 0 Å². The van der Waals surface area contributed by atoms with Crippen LogP contribution in [0.4, 0.5) is 0 Å². The van der Waals surface area contributed by atoms with Crippen LogP contribution in [0.1, 0.15) is 31.3 Å². The van der Waals surface area contributed by atoms with E-state index in [1.54, 1.807) is 23.8 Å². The van der Waals surface area contributed by atoms with Gasteiger partial charge in [-0.3, -0.25) is 9.59 Å². The minimum Gasteiger partial charge on any atom is -0.481 e. The van der Waals surface area contributed by atoms with Crippen molar-refractivity contribution >= 4 is 23.5 Å². The van der Waals surface area contributed by atoms with E-state index in [2.05, 4.69) is 0 Å². The first-order valence-corrected chi connectivity index (χ1v) is 6.66. The predicted octanol–water partition coefficient (Wildman–Crippen LogP) is 2.34. The summed E-state index contributed by atoms with van der Waals surface area (Å²) in [5, 5.41) is 9.43. The Balaban J connectivity index is 2.92. The number of aromatic nitrogens is 1. The number of aryl methyl sites for hydroxylation is 1. The molecule has 1 atom stereocenters. The van der Waals surface area contributed by atoms with E-state index in [1.807, 2.05) is 13.8 Å². The van der Waals surface area contributed by atoms with Crippen LogP contribution in [-0.4, -0.2) is 39.5 Å². The number of carbonyl (C=O) groups excluding carboxylic acids is 1. The molecule has 1 unspecified atom stereocenters. The van der Waals surface area contributed by atoms with Gasteiger partial charge in [0.1, 0.15) is 5.69 Å². The predicted molar refractivity (Wildman–Crippen MR) is 73.5 cm³/mol. The zero-order chi connectivity index (χ0) is 14.6. The Kier molecular flexibility index (Phi) is 5.42. The highest BCUT2D eigenvalue weighted by Crippen LogP contribution is 2.16.